The maximum absolute atomic E-state index is 11.9. The first-order chi connectivity index (χ1) is 12.6. The van der Waals surface area contributed by atoms with Crippen LogP contribution < -0.4 is 15.6 Å². The molecule has 0 fully saturated rings. The van der Waals surface area contributed by atoms with Crippen LogP contribution in [0.5, 0.6) is 5.75 Å². The van der Waals surface area contributed by atoms with E-state index >= 15 is 0 Å². The summed E-state index contributed by atoms with van der Waals surface area (Å²) in [7, 11) is 0. The first kappa shape index (κ1) is 19.8. The van der Waals surface area contributed by atoms with Crippen LogP contribution in [0.4, 0.5) is 0 Å². The number of para-hydroxylation sites is 1. The van der Waals surface area contributed by atoms with E-state index in [2.05, 4.69) is 10.9 Å². The average molecular weight is 372 g/mol. The number of hydrogen-bond donors (Lipinski definition) is 2. The molecule has 0 aliphatic carbocycles. The number of nitrogens with one attached hydrogen (secondary N) is 2. The van der Waals surface area contributed by atoms with Crippen molar-refractivity contribution in [3.05, 3.63) is 59.7 Å². The van der Waals surface area contributed by atoms with Crippen molar-refractivity contribution in [3.63, 3.8) is 0 Å². The van der Waals surface area contributed by atoms with Gasteiger partial charge in [-0.1, -0.05) is 35.9 Å². The Morgan fingerprint density at radius 3 is 2.42 bits per heavy atom. The highest BCUT2D eigenvalue weighted by molar-refractivity contribution is 8.00. The number of aryl methyl sites for hydroxylation is 2. The van der Waals surface area contributed by atoms with Crippen molar-refractivity contribution < 1.29 is 14.3 Å². The van der Waals surface area contributed by atoms with Crippen molar-refractivity contribution in [1.29, 1.82) is 0 Å². The van der Waals surface area contributed by atoms with E-state index < -0.39 is 0 Å². The van der Waals surface area contributed by atoms with E-state index in [1.807, 2.05) is 62.4 Å². The first-order valence-electron chi connectivity index (χ1n) is 8.56. The highest BCUT2D eigenvalue weighted by Gasteiger charge is 2.08. The predicted molar refractivity (Wildman–Crippen MR) is 104 cm³/mol. The third-order valence-corrected chi connectivity index (χ3v) is 4.64. The molecule has 0 spiro atoms. The summed E-state index contributed by atoms with van der Waals surface area (Å²) in [6.07, 6.45) is 0.825. The minimum Gasteiger partial charge on any atom is -0.494 e. The number of amides is 2. The smallest absolute Gasteiger partial charge is 0.248 e. The summed E-state index contributed by atoms with van der Waals surface area (Å²) in [5.41, 5.74) is 7.06. The molecule has 0 atom stereocenters. The molecule has 2 aromatic carbocycles. The zero-order valence-corrected chi connectivity index (χ0v) is 15.9. The van der Waals surface area contributed by atoms with Gasteiger partial charge in [-0.2, -0.15) is 0 Å². The molecule has 0 radical (unpaired) electrons. The number of thioether (sulfide) groups is 1. The number of benzene rings is 2. The van der Waals surface area contributed by atoms with Gasteiger partial charge in [-0.3, -0.25) is 20.4 Å². The van der Waals surface area contributed by atoms with E-state index in [0.717, 1.165) is 16.2 Å². The SMILES string of the molecule is CCOc1ccccc1CCC(=O)NNC(=O)CSc1ccc(C)cc1. The second-order valence-corrected chi connectivity index (χ2v) is 6.79. The molecular formula is C20H24N2O3S. The molecule has 2 rings (SSSR count). The lowest BCUT2D eigenvalue weighted by Gasteiger charge is -2.10. The number of hydrazine groups is 1. The van der Waals surface area contributed by atoms with Crippen LogP contribution in [-0.4, -0.2) is 24.2 Å². The maximum Gasteiger partial charge on any atom is 0.248 e. The third kappa shape index (κ3) is 6.80. The van der Waals surface area contributed by atoms with E-state index in [4.69, 9.17) is 4.74 Å². The predicted octanol–water partition coefficient (Wildman–Crippen LogP) is 3.27. The van der Waals surface area contributed by atoms with Gasteiger partial charge in [-0.05, 0) is 44.0 Å². The molecule has 2 aromatic rings. The van der Waals surface area contributed by atoms with Crippen LogP contribution in [0, 0.1) is 6.92 Å². The van der Waals surface area contributed by atoms with Gasteiger partial charge in [0.1, 0.15) is 5.75 Å². The Balaban J connectivity index is 1.69. The highest BCUT2D eigenvalue weighted by Crippen LogP contribution is 2.19. The van der Waals surface area contributed by atoms with Gasteiger partial charge in [0.15, 0.2) is 0 Å². The fraction of sp³-hybridized carbons (Fsp3) is 0.300. The summed E-state index contributed by atoms with van der Waals surface area (Å²) in [5.74, 6) is 0.571. The Labute approximate surface area is 158 Å². The number of carbonyl (C=O) groups is 2. The molecule has 0 bridgehead atoms. The molecule has 6 heteroatoms. The Hall–Kier alpha value is -2.47. The van der Waals surface area contributed by atoms with Gasteiger partial charge in [-0.15, -0.1) is 11.8 Å². The molecule has 0 saturated carbocycles. The molecule has 0 unspecified atom stereocenters. The van der Waals surface area contributed by atoms with Gasteiger partial charge in [0.2, 0.25) is 11.8 Å². The Bertz CT molecular complexity index is 732. The quantitative estimate of drug-likeness (QED) is 0.551. The Morgan fingerprint density at radius 2 is 1.69 bits per heavy atom. The number of rotatable bonds is 8. The lowest BCUT2D eigenvalue weighted by atomic mass is 10.1. The largest absolute Gasteiger partial charge is 0.494 e. The Morgan fingerprint density at radius 1 is 1.00 bits per heavy atom. The number of ether oxygens (including phenoxy) is 1. The van der Waals surface area contributed by atoms with Crippen LogP contribution in [0.25, 0.3) is 0 Å². The van der Waals surface area contributed by atoms with Gasteiger partial charge in [0.05, 0.1) is 12.4 Å². The van der Waals surface area contributed by atoms with Gasteiger partial charge in [0, 0.05) is 11.3 Å². The molecule has 2 amide bonds. The summed E-state index contributed by atoms with van der Waals surface area (Å²) in [5, 5.41) is 0. The summed E-state index contributed by atoms with van der Waals surface area (Å²) in [6, 6.07) is 15.6. The van der Waals surface area contributed by atoms with Crippen LogP contribution in [0.1, 0.15) is 24.5 Å². The second-order valence-electron chi connectivity index (χ2n) is 5.74. The van der Waals surface area contributed by atoms with E-state index in [0.29, 0.717) is 13.0 Å². The first-order valence-corrected chi connectivity index (χ1v) is 9.55. The lowest BCUT2D eigenvalue weighted by Crippen LogP contribution is -2.42. The summed E-state index contributed by atoms with van der Waals surface area (Å²) < 4.78 is 5.54. The number of hydrogen-bond acceptors (Lipinski definition) is 4. The fourth-order valence-corrected chi connectivity index (χ4v) is 2.97. The molecule has 0 aliphatic heterocycles. The molecule has 0 aliphatic rings. The van der Waals surface area contributed by atoms with Crippen molar-refractivity contribution >= 4 is 23.6 Å². The van der Waals surface area contributed by atoms with Gasteiger partial charge in [0.25, 0.3) is 0 Å². The van der Waals surface area contributed by atoms with E-state index in [1.165, 1.54) is 17.3 Å². The van der Waals surface area contributed by atoms with Crippen molar-refractivity contribution in [1.82, 2.24) is 10.9 Å². The van der Waals surface area contributed by atoms with Crippen molar-refractivity contribution in [3.8, 4) is 5.75 Å². The minimum atomic E-state index is -0.237. The Kier molecular flexibility index (Phi) is 8.02. The van der Waals surface area contributed by atoms with Crippen molar-refractivity contribution in [2.45, 2.75) is 31.6 Å². The zero-order valence-electron chi connectivity index (χ0n) is 15.1. The standard InChI is InChI=1S/C20H24N2O3S/c1-3-25-18-7-5-4-6-16(18)10-13-19(23)21-22-20(24)14-26-17-11-8-15(2)9-12-17/h4-9,11-12H,3,10,13-14H2,1-2H3,(H,21,23)(H,22,24). The van der Waals surface area contributed by atoms with Gasteiger partial charge < -0.3 is 4.74 Å². The molecular weight excluding hydrogens is 348 g/mol. The van der Waals surface area contributed by atoms with E-state index in [-0.39, 0.29) is 24.0 Å². The molecule has 0 saturated heterocycles. The molecule has 2 N–H and O–H groups in total. The topological polar surface area (TPSA) is 67.4 Å². The van der Waals surface area contributed by atoms with Crippen molar-refractivity contribution in [2.24, 2.45) is 0 Å². The van der Waals surface area contributed by atoms with Crippen LogP contribution in [-0.2, 0) is 16.0 Å². The molecule has 0 heterocycles. The molecule has 5 nitrogen and oxygen atoms in total. The van der Waals surface area contributed by atoms with Crippen molar-refractivity contribution in [2.75, 3.05) is 12.4 Å². The minimum absolute atomic E-state index is 0.231. The highest BCUT2D eigenvalue weighted by atomic mass is 32.2. The maximum atomic E-state index is 11.9. The third-order valence-electron chi connectivity index (χ3n) is 3.63. The van der Waals surface area contributed by atoms with E-state index in [1.54, 1.807) is 0 Å². The normalized spacial score (nSPS) is 10.2. The summed E-state index contributed by atoms with van der Waals surface area (Å²) in [4.78, 5) is 24.8. The molecule has 138 valence electrons. The van der Waals surface area contributed by atoms with E-state index in [9.17, 15) is 9.59 Å². The van der Waals surface area contributed by atoms with Gasteiger partial charge >= 0.3 is 0 Å². The monoisotopic (exact) mass is 372 g/mol. The average Bonchev–Trinajstić information content (AvgIpc) is 2.65. The van der Waals surface area contributed by atoms with Crippen LogP contribution >= 0.6 is 11.8 Å². The zero-order chi connectivity index (χ0) is 18.8. The lowest BCUT2D eigenvalue weighted by molar-refractivity contribution is -0.127. The second kappa shape index (κ2) is 10.5. The van der Waals surface area contributed by atoms with Crippen LogP contribution in [0.2, 0.25) is 0 Å². The van der Waals surface area contributed by atoms with Gasteiger partial charge in [-0.25, -0.2) is 0 Å². The van der Waals surface area contributed by atoms with Crippen LogP contribution in [0.15, 0.2) is 53.4 Å². The van der Waals surface area contributed by atoms with Crippen LogP contribution in [0.3, 0.4) is 0 Å². The summed E-state index contributed by atoms with van der Waals surface area (Å²) >= 11 is 1.43. The molecule has 0 aromatic heterocycles. The fourth-order valence-electron chi connectivity index (χ4n) is 2.28. The number of carbonyl (C=O) groups excluding carboxylic acids is 2. The molecule has 26 heavy (non-hydrogen) atoms. The summed E-state index contributed by atoms with van der Waals surface area (Å²) in [6.45, 7) is 4.52.